The summed E-state index contributed by atoms with van der Waals surface area (Å²) in [6, 6.07) is 22.6. The number of hydrogen-bond donors (Lipinski definition) is 1. The third-order valence-electron chi connectivity index (χ3n) is 4.98. The van der Waals surface area contributed by atoms with Crippen molar-refractivity contribution in [2.24, 2.45) is 0 Å². The standard InChI is InChI=1S/C24H21BrN2O3/c1-16-24(29)27(13-12-17-6-3-2-4-7-17)21-15-20(10-11-22(21)30-16)26-23(28)18-8-5-9-19(25)14-18/h2-11,14-16H,12-13H2,1H3,(H,26,28). The van der Waals surface area contributed by atoms with E-state index in [2.05, 4.69) is 21.2 Å². The van der Waals surface area contributed by atoms with Gasteiger partial charge in [0.25, 0.3) is 11.8 Å². The van der Waals surface area contributed by atoms with Crippen molar-refractivity contribution in [3.63, 3.8) is 0 Å². The van der Waals surface area contributed by atoms with E-state index in [1.54, 1.807) is 42.2 Å². The van der Waals surface area contributed by atoms with E-state index in [9.17, 15) is 9.59 Å². The molecule has 1 N–H and O–H groups in total. The molecule has 0 aliphatic carbocycles. The number of hydrogen-bond acceptors (Lipinski definition) is 3. The van der Waals surface area contributed by atoms with E-state index in [0.29, 0.717) is 29.2 Å². The largest absolute Gasteiger partial charge is 0.479 e. The number of carbonyl (C=O) groups is 2. The highest BCUT2D eigenvalue weighted by Gasteiger charge is 2.31. The van der Waals surface area contributed by atoms with Crippen LogP contribution in [0, 0.1) is 0 Å². The van der Waals surface area contributed by atoms with Crippen LogP contribution in [0.4, 0.5) is 11.4 Å². The first-order valence-electron chi connectivity index (χ1n) is 9.74. The van der Waals surface area contributed by atoms with Crippen molar-refractivity contribution in [2.75, 3.05) is 16.8 Å². The number of amides is 2. The van der Waals surface area contributed by atoms with Gasteiger partial charge in [-0.25, -0.2) is 0 Å². The molecular weight excluding hydrogens is 444 g/mol. The number of carbonyl (C=O) groups excluding carboxylic acids is 2. The van der Waals surface area contributed by atoms with Gasteiger partial charge < -0.3 is 15.0 Å². The summed E-state index contributed by atoms with van der Waals surface area (Å²) >= 11 is 3.38. The maximum atomic E-state index is 12.8. The Hall–Kier alpha value is -3.12. The molecule has 5 nitrogen and oxygen atoms in total. The zero-order chi connectivity index (χ0) is 21.1. The summed E-state index contributed by atoms with van der Waals surface area (Å²) in [4.78, 5) is 27.2. The van der Waals surface area contributed by atoms with Crippen molar-refractivity contribution in [2.45, 2.75) is 19.4 Å². The van der Waals surface area contributed by atoms with Crippen molar-refractivity contribution < 1.29 is 14.3 Å². The second-order valence-electron chi connectivity index (χ2n) is 7.13. The number of ether oxygens (including phenoxy) is 1. The zero-order valence-electron chi connectivity index (χ0n) is 16.5. The molecule has 152 valence electrons. The Bertz CT molecular complexity index is 1080. The highest BCUT2D eigenvalue weighted by Crippen LogP contribution is 2.36. The predicted octanol–water partition coefficient (Wildman–Crippen LogP) is 5.06. The van der Waals surface area contributed by atoms with E-state index in [1.165, 1.54) is 0 Å². The Morgan fingerprint density at radius 2 is 1.87 bits per heavy atom. The van der Waals surface area contributed by atoms with Gasteiger partial charge in [-0.2, -0.15) is 0 Å². The minimum atomic E-state index is -0.546. The number of fused-ring (bicyclic) bond motifs is 1. The Morgan fingerprint density at radius 1 is 1.07 bits per heavy atom. The van der Waals surface area contributed by atoms with Crippen molar-refractivity contribution >= 4 is 39.1 Å². The van der Waals surface area contributed by atoms with Crippen molar-refractivity contribution in [3.8, 4) is 5.75 Å². The van der Waals surface area contributed by atoms with Gasteiger partial charge in [-0.1, -0.05) is 52.3 Å². The van der Waals surface area contributed by atoms with Gasteiger partial charge in [-0.15, -0.1) is 0 Å². The van der Waals surface area contributed by atoms with E-state index in [0.717, 1.165) is 16.5 Å². The lowest BCUT2D eigenvalue weighted by Crippen LogP contribution is -2.45. The first-order valence-corrected chi connectivity index (χ1v) is 10.5. The lowest BCUT2D eigenvalue weighted by Gasteiger charge is -2.33. The average molecular weight is 465 g/mol. The summed E-state index contributed by atoms with van der Waals surface area (Å²) in [5.74, 6) is 0.327. The van der Waals surface area contributed by atoms with Gasteiger partial charge in [0.1, 0.15) is 5.75 Å². The van der Waals surface area contributed by atoms with Crippen LogP contribution in [0.5, 0.6) is 5.75 Å². The third kappa shape index (κ3) is 4.39. The lowest BCUT2D eigenvalue weighted by molar-refractivity contribution is -0.125. The molecule has 2 amide bonds. The first-order chi connectivity index (χ1) is 14.5. The topological polar surface area (TPSA) is 58.6 Å². The molecule has 0 spiro atoms. The van der Waals surface area contributed by atoms with Crippen LogP contribution >= 0.6 is 15.9 Å². The molecule has 30 heavy (non-hydrogen) atoms. The number of anilines is 2. The monoisotopic (exact) mass is 464 g/mol. The molecule has 0 aromatic heterocycles. The van der Waals surface area contributed by atoms with Crippen molar-refractivity contribution in [3.05, 3.63) is 88.4 Å². The third-order valence-corrected chi connectivity index (χ3v) is 5.47. The van der Waals surface area contributed by atoms with Crippen molar-refractivity contribution in [1.82, 2.24) is 0 Å². The average Bonchev–Trinajstić information content (AvgIpc) is 2.75. The fraction of sp³-hybridized carbons (Fsp3) is 0.167. The molecule has 0 fully saturated rings. The van der Waals surface area contributed by atoms with Crippen LogP contribution in [0.15, 0.2) is 77.3 Å². The van der Waals surface area contributed by atoms with Crippen LogP contribution in [-0.4, -0.2) is 24.5 Å². The molecule has 1 aliphatic heterocycles. The van der Waals surface area contributed by atoms with Gasteiger partial charge in [0.05, 0.1) is 5.69 Å². The summed E-state index contributed by atoms with van der Waals surface area (Å²) in [6.07, 6.45) is 0.184. The minimum Gasteiger partial charge on any atom is -0.479 e. The van der Waals surface area contributed by atoms with E-state index in [1.807, 2.05) is 42.5 Å². The summed E-state index contributed by atoms with van der Waals surface area (Å²) in [7, 11) is 0. The summed E-state index contributed by atoms with van der Waals surface area (Å²) < 4.78 is 6.61. The Balaban J connectivity index is 1.57. The normalized spacial score (nSPS) is 15.3. The highest BCUT2D eigenvalue weighted by molar-refractivity contribution is 9.10. The first kappa shape index (κ1) is 20.2. The molecule has 0 saturated carbocycles. The number of halogens is 1. The minimum absolute atomic E-state index is 0.0890. The number of nitrogens with zero attached hydrogens (tertiary/aromatic N) is 1. The maximum Gasteiger partial charge on any atom is 0.267 e. The maximum absolute atomic E-state index is 12.8. The molecule has 6 heteroatoms. The van der Waals surface area contributed by atoms with Gasteiger partial charge in [0.15, 0.2) is 6.10 Å². The van der Waals surface area contributed by atoms with Crippen LogP contribution in [0.2, 0.25) is 0 Å². The summed E-state index contributed by atoms with van der Waals surface area (Å²) in [5.41, 5.74) is 2.98. The zero-order valence-corrected chi connectivity index (χ0v) is 18.1. The van der Waals surface area contributed by atoms with Crippen LogP contribution in [0.1, 0.15) is 22.8 Å². The molecule has 0 bridgehead atoms. The van der Waals surface area contributed by atoms with Gasteiger partial charge in [-0.05, 0) is 55.3 Å². The SMILES string of the molecule is CC1Oc2ccc(NC(=O)c3cccc(Br)c3)cc2N(CCc2ccccc2)C1=O. The molecular formula is C24H21BrN2O3. The number of benzene rings is 3. The smallest absolute Gasteiger partial charge is 0.267 e. The summed E-state index contributed by atoms with van der Waals surface area (Å²) in [5, 5.41) is 2.90. The van der Waals surface area contributed by atoms with E-state index in [4.69, 9.17) is 4.74 Å². The quantitative estimate of drug-likeness (QED) is 0.573. The van der Waals surface area contributed by atoms with Crippen LogP contribution in [0.25, 0.3) is 0 Å². The second-order valence-corrected chi connectivity index (χ2v) is 8.05. The van der Waals surface area contributed by atoms with E-state index >= 15 is 0 Å². The number of rotatable bonds is 5. The lowest BCUT2D eigenvalue weighted by atomic mass is 10.1. The molecule has 0 saturated heterocycles. The second kappa shape index (κ2) is 8.71. The highest BCUT2D eigenvalue weighted by atomic mass is 79.9. The van der Waals surface area contributed by atoms with E-state index < -0.39 is 6.10 Å². The van der Waals surface area contributed by atoms with Crippen LogP contribution < -0.4 is 15.0 Å². The Morgan fingerprint density at radius 3 is 2.63 bits per heavy atom. The molecule has 1 atom stereocenters. The molecule has 1 heterocycles. The molecule has 1 aliphatic rings. The van der Waals surface area contributed by atoms with Gasteiger partial charge >= 0.3 is 0 Å². The molecule has 0 radical (unpaired) electrons. The van der Waals surface area contributed by atoms with Gasteiger partial charge in [0.2, 0.25) is 0 Å². The fourth-order valence-corrected chi connectivity index (χ4v) is 3.83. The molecule has 3 aromatic carbocycles. The summed E-state index contributed by atoms with van der Waals surface area (Å²) in [6.45, 7) is 2.29. The number of nitrogens with one attached hydrogen (secondary N) is 1. The van der Waals surface area contributed by atoms with Crippen molar-refractivity contribution in [1.29, 1.82) is 0 Å². The van der Waals surface area contributed by atoms with Gasteiger partial charge in [-0.3, -0.25) is 9.59 Å². The Kier molecular flexibility index (Phi) is 5.86. The van der Waals surface area contributed by atoms with Crippen LogP contribution in [0.3, 0.4) is 0 Å². The molecule has 4 rings (SSSR count). The molecule has 1 unspecified atom stereocenters. The Labute approximate surface area is 183 Å². The fourth-order valence-electron chi connectivity index (χ4n) is 3.43. The predicted molar refractivity (Wildman–Crippen MR) is 121 cm³/mol. The van der Waals surface area contributed by atoms with Gasteiger partial charge in [0, 0.05) is 22.3 Å². The molecule has 3 aromatic rings. The van der Waals surface area contributed by atoms with Crippen LogP contribution in [-0.2, 0) is 11.2 Å². The van der Waals surface area contributed by atoms with E-state index in [-0.39, 0.29) is 11.8 Å².